The summed E-state index contributed by atoms with van der Waals surface area (Å²) in [5.41, 5.74) is 1.85. The molecule has 0 N–H and O–H groups in total. The predicted molar refractivity (Wildman–Crippen MR) is 94.4 cm³/mol. The lowest BCUT2D eigenvalue weighted by Gasteiger charge is -2.35. The van der Waals surface area contributed by atoms with Gasteiger partial charge in [-0.2, -0.15) is 4.98 Å². The molecule has 0 radical (unpaired) electrons. The maximum absolute atomic E-state index is 13.0. The molecule has 2 aromatic heterocycles. The molecule has 134 valence electrons. The molecule has 1 amide bonds. The van der Waals surface area contributed by atoms with Crippen LogP contribution in [0.3, 0.4) is 0 Å². The zero-order valence-electron chi connectivity index (χ0n) is 14.5. The second kappa shape index (κ2) is 6.70. The molecule has 0 spiro atoms. The van der Waals surface area contributed by atoms with Crippen LogP contribution in [0.25, 0.3) is 5.78 Å². The molecular weight excluding hydrogens is 335 g/mol. The van der Waals surface area contributed by atoms with Crippen LogP contribution >= 0.6 is 0 Å². The summed E-state index contributed by atoms with van der Waals surface area (Å²) < 4.78 is 14.8. The number of amides is 1. The van der Waals surface area contributed by atoms with E-state index in [1.165, 1.54) is 12.1 Å². The zero-order chi connectivity index (χ0) is 18.1. The first-order chi connectivity index (χ1) is 12.6. The molecule has 0 atom stereocenters. The maximum atomic E-state index is 13.0. The largest absolute Gasteiger partial charge is 0.353 e. The molecule has 1 fully saturated rings. The predicted octanol–water partition coefficient (Wildman–Crippen LogP) is 1.46. The first-order valence-electron chi connectivity index (χ1n) is 8.55. The number of rotatable bonds is 3. The number of nitrogens with zero attached hydrogens (tertiary/aromatic N) is 6. The van der Waals surface area contributed by atoms with E-state index in [1.807, 2.05) is 22.3 Å². The number of aryl methyl sites for hydroxylation is 1. The number of hydrogen-bond acceptors (Lipinski definition) is 5. The summed E-state index contributed by atoms with van der Waals surface area (Å²) in [6, 6.07) is 8.09. The van der Waals surface area contributed by atoms with Gasteiger partial charge in [-0.15, -0.1) is 10.2 Å². The van der Waals surface area contributed by atoms with Crippen molar-refractivity contribution in [3.8, 4) is 0 Å². The van der Waals surface area contributed by atoms with Crippen LogP contribution in [0.4, 0.5) is 10.2 Å². The summed E-state index contributed by atoms with van der Waals surface area (Å²) in [7, 11) is 0. The number of carbonyl (C=O) groups is 1. The Labute approximate surface area is 150 Å². The van der Waals surface area contributed by atoms with Crippen LogP contribution in [-0.2, 0) is 11.2 Å². The van der Waals surface area contributed by atoms with Gasteiger partial charge < -0.3 is 9.80 Å². The number of fused-ring (bicyclic) bond motifs is 1. The minimum atomic E-state index is -0.290. The van der Waals surface area contributed by atoms with Crippen molar-refractivity contribution in [3.63, 3.8) is 0 Å². The third kappa shape index (κ3) is 3.22. The van der Waals surface area contributed by atoms with Crippen molar-refractivity contribution < 1.29 is 9.18 Å². The summed E-state index contributed by atoms with van der Waals surface area (Å²) in [4.78, 5) is 21.0. The number of piperazine rings is 1. The van der Waals surface area contributed by atoms with E-state index in [4.69, 9.17) is 0 Å². The average molecular weight is 354 g/mol. The lowest BCUT2D eigenvalue weighted by Crippen LogP contribution is -2.49. The molecule has 0 saturated carbocycles. The molecule has 8 heteroatoms. The van der Waals surface area contributed by atoms with E-state index in [0.717, 1.165) is 17.1 Å². The van der Waals surface area contributed by atoms with Crippen molar-refractivity contribution in [3.05, 3.63) is 53.7 Å². The zero-order valence-corrected chi connectivity index (χ0v) is 14.5. The fourth-order valence-corrected chi connectivity index (χ4v) is 3.18. The van der Waals surface area contributed by atoms with Gasteiger partial charge in [0, 0.05) is 37.9 Å². The monoisotopic (exact) mass is 354 g/mol. The van der Waals surface area contributed by atoms with Crippen molar-refractivity contribution in [2.75, 3.05) is 31.1 Å². The Balaban J connectivity index is 1.40. The number of carbonyl (C=O) groups excluding carboxylic acids is 1. The van der Waals surface area contributed by atoms with E-state index in [-0.39, 0.29) is 11.7 Å². The van der Waals surface area contributed by atoms with Crippen molar-refractivity contribution in [1.29, 1.82) is 0 Å². The maximum Gasteiger partial charge on any atom is 0.256 e. The van der Waals surface area contributed by atoms with E-state index in [0.29, 0.717) is 38.4 Å². The molecule has 0 unspecified atom stereocenters. The van der Waals surface area contributed by atoms with Crippen LogP contribution < -0.4 is 4.90 Å². The highest BCUT2D eigenvalue weighted by molar-refractivity contribution is 5.79. The standard InChI is InChI=1S/C18H19FN6O/c1-13-10-16(21-18-22-20-12-25(13)18)23-6-8-24(9-7-23)17(26)11-14-2-4-15(19)5-3-14/h2-5,10,12H,6-9,11H2,1H3. The summed E-state index contributed by atoms with van der Waals surface area (Å²) in [5.74, 6) is 1.21. The van der Waals surface area contributed by atoms with E-state index in [1.54, 1.807) is 18.5 Å². The van der Waals surface area contributed by atoms with Gasteiger partial charge >= 0.3 is 0 Å². The lowest BCUT2D eigenvalue weighted by molar-refractivity contribution is -0.130. The molecule has 1 saturated heterocycles. The van der Waals surface area contributed by atoms with Gasteiger partial charge in [-0.3, -0.25) is 9.20 Å². The van der Waals surface area contributed by atoms with E-state index in [9.17, 15) is 9.18 Å². The molecule has 0 bridgehead atoms. The number of halogens is 1. The minimum Gasteiger partial charge on any atom is -0.353 e. The summed E-state index contributed by atoms with van der Waals surface area (Å²) in [6.45, 7) is 4.69. The molecule has 3 aromatic rings. The first-order valence-corrected chi connectivity index (χ1v) is 8.55. The molecular formula is C18H19FN6O. The average Bonchev–Trinajstić information content (AvgIpc) is 3.13. The molecule has 4 rings (SSSR count). The Bertz CT molecular complexity index is 931. The summed E-state index contributed by atoms with van der Waals surface area (Å²) in [6.07, 6.45) is 1.94. The first kappa shape index (κ1) is 16.4. The highest BCUT2D eigenvalue weighted by atomic mass is 19.1. The van der Waals surface area contributed by atoms with Crippen LogP contribution in [-0.4, -0.2) is 56.6 Å². The summed E-state index contributed by atoms with van der Waals surface area (Å²) in [5, 5.41) is 7.90. The minimum absolute atomic E-state index is 0.0632. The quantitative estimate of drug-likeness (QED) is 0.712. The van der Waals surface area contributed by atoms with Crippen molar-refractivity contribution >= 4 is 17.5 Å². The molecule has 0 aliphatic carbocycles. The molecule has 3 heterocycles. The van der Waals surface area contributed by atoms with Crippen LogP contribution in [0.2, 0.25) is 0 Å². The third-order valence-corrected chi connectivity index (χ3v) is 4.69. The Hall–Kier alpha value is -3.03. The molecule has 26 heavy (non-hydrogen) atoms. The summed E-state index contributed by atoms with van der Waals surface area (Å²) >= 11 is 0. The number of benzene rings is 1. The molecule has 1 aliphatic heterocycles. The Kier molecular flexibility index (Phi) is 4.24. The van der Waals surface area contributed by atoms with Crippen LogP contribution in [0.1, 0.15) is 11.3 Å². The van der Waals surface area contributed by atoms with E-state index < -0.39 is 0 Å². The van der Waals surface area contributed by atoms with Crippen molar-refractivity contribution in [1.82, 2.24) is 24.5 Å². The van der Waals surface area contributed by atoms with Gasteiger partial charge in [0.15, 0.2) is 0 Å². The van der Waals surface area contributed by atoms with Gasteiger partial charge in [-0.05, 0) is 24.6 Å². The van der Waals surface area contributed by atoms with Gasteiger partial charge in [0.2, 0.25) is 5.91 Å². The highest BCUT2D eigenvalue weighted by Crippen LogP contribution is 2.17. The van der Waals surface area contributed by atoms with Crippen LogP contribution in [0.15, 0.2) is 36.7 Å². The molecule has 1 aliphatic rings. The molecule has 1 aromatic carbocycles. The van der Waals surface area contributed by atoms with E-state index in [2.05, 4.69) is 20.1 Å². The lowest BCUT2D eigenvalue weighted by atomic mass is 10.1. The SMILES string of the molecule is Cc1cc(N2CCN(C(=O)Cc3ccc(F)cc3)CC2)nc2nncn12. The van der Waals surface area contributed by atoms with Gasteiger partial charge in [-0.1, -0.05) is 12.1 Å². The van der Waals surface area contributed by atoms with Crippen LogP contribution in [0, 0.1) is 12.7 Å². The van der Waals surface area contributed by atoms with Gasteiger partial charge in [0.25, 0.3) is 5.78 Å². The second-order valence-corrected chi connectivity index (χ2v) is 6.43. The smallest absolute Gasteiger partial charge is 0.256 e. The van der Waals surface area contributed by atoms with Gasteiger partial charge in [-0.25, -0.2) is 4.39 Å². The fourth-order valence-electron chi connectivity index (χ4n) is 3.18. The normalized spacial score (nSPS) is 14.8. The Morgan fingerprint density at radius 3 is 2.62 bits per heavy atom. The molecule has 7 nitrogen and oxygen atoms in total. The Morgan fingerprint density at radius 2 is 1.88 bits per heavy atom. The second-order valence-electron chi connectivity index (χ2n) is 6.43. The van der Waals surface area contributed by atoms with Crippen molar-refractivity contribution in [2.24, 2.45) is 0 Å². The highest BCUT2D eigenvalue weighted by Gasteiger charge is 2.22. The number of anilines is 1. The third-order valence-electron chi connectivity index (χ3n) is 4.69. The number of aromatic nitrogens is 4. The van der Waals surface area contributed by atoms with Crippen molar-refractivity contribution in [2.45, 2.75) is 13.3 Å². The fraction of sp³-hybridized carbons (Fsp3) is 0.333. The van der Waals surface area contributed by atoms with Crippen LogP contribution in [0.5, 0.6) is 0 Å². The topological polar surface area (TPSA) is 66.6 Å². The number of hydrogen-bond donors (Lipinski definition) is 0. The van der Waals surface area contributed by atoms with Gasteiger partial charge in [0.05, 0.1) is 6.42 Å². The Morgan fingerprint density at radius 1 is 1.15 bits per heavy atom. The van der Waals surface area contributed by atoms with Gasteiger partial charge in [0.1, 0.15) is 18.0 Å². The van der Waals surface area contributed by atoms with E-state index >= 15 is 0 Å².